The number of carbonyl (C=O) groups excluding carboxylic acids is 2. The summed E-state index contributed by atoms with van der Waals surface area (Å²) in [5, 5.41) is 13.9. The fraction of sp³-hybridized carbons (Fsp3) is 0.300. The van der Waals surface area contributed by atoms with Gasteiger partial charge in [0.25, 0.3) is 5.69 Å². The molecule has 0 fully saturated rings. The number of amides is 2. The first-order chi connectivity index (χ1) is 13.5. The molecule has 28 heavy (non-hydrogen) atoms. The van der Waals surface area contributed by atoms with Gasteiger partial charge in [-0.05, 0) is 18.6 Å². The topological polar surface area (TPSA) is 102 Å². The van der Waals surface area contributed by atoms with Gasteiger partial charge in [0.15, 0.2) is 0 Å². The van der Waals surface area contributed by atoms with E-state index in [1.807, 2.05) is 6.92 Å². The van der Waals surface area contributed by atoms with Crippen molar-refractivity contribution in [1.82, 2.24) is 4.90 Å². The molecule has 0 aliphatic rings. The zero-order valence-corrected chi connectivity index (χ0v) is 15.9. The van der Waals surface area contributed by atoms with E-state index in [1.165, 1.54) is 18.1 Å². The predicted molar refractivity (Wildman–Crippen MR) is 105 cm³/mol. The molecule has 0 aromatic heterocycles. The molecular formula is C20H23N3O5. The van der Waals surface area contributed by atoms with E-state index in [4.69, 9.17) is 4.74 Å². The van der Waals surface area contributed by atoms with Crippen molar-refractivity contribution in [2.24, 2.45) is 0 Å². The van der Waals surface area contributed by atoms with Gasteiger partial charge in [-0.15, -0.1) is 0 Å². The molecule has 2 amide bonds. The molecule has 1 N–H and O–H groups in total. The Bertz CT molecular complexity index is 853. The maximum atomic E-state index is 12.7. The molecule has 2 aromatic rings. The van der Waals surface area contributed by atoms with Crippen LogP contribution in [0.1, 0.15) is 18.9 Å². The number of nitrogens with one attached hydrogen (secondary N) is 1. The van der Waals surface area contributed by atoms with Crippen LogP contribution >= 0.6 is 0 Å². The molecule has 0 bridgehead atoms. The molecule has 148 valence electrons. The zero-order valence-electron chi connectivity index (χ0n) is 15.9. The summed E-state index contributed by atoms with van der Waals surface area (Å²) in [5.74, 6) is -0.190. The van der Waals surface area contributed by atoms with Gasteiger partial charge >= 0.3 is 0 Å². The van der Waals surface area contributed by atoms with Crippen molar-refractivity contribution in [2.75, 3.05) is 25.5 Å². The third-order valence-electron chi connectivity index (χ3n) is 4.09. The minimum Gasteiger partial charge on any atom is -0.495 e. The molecule has 0 unspecified atom stereocenters. The summed E-state index contributed by atoms with van der Waals surface area (Å²) < 4.78 is 5.20. The van der Waals surface area contributed by atoms with E-state index in [2.05, 4.69) is 5.32 Å². The Labute approximate surface area is 163 Å². The number of benzene rings is 2. The van der Waals surface area contributed by atoms with Crippen LogP contribution in [0.4, 0.5) is 11.4 Å². The number of hydrogen-bond donors (Lipinski definition) is 1. The van der Waals surface area contributed by atoms with Crippen LogP contribution in [-0.2, 0) is 16.0 Å². The predicted octanol–water partition coefficient (Wildman–Crippen LogP) is 3.02. The van der Waals surface area contributed by atoms with Crippen molar-refractivity contribution in [3.8, 4) is 5.75 Å². The lowest BCUT2D eigenvalue weighted by molar-refractivity contribution is -0.385. The van der Waals surface area contributed by atoms with E-state index in [9.17, 15) is 19.7 Å². The summed E-state index contributed by atoms with van der Waals surface area (Å²) in [4.78, 5) is 37.2. The standard InChI is InChI=1S/C20H23N3O5/c1-3-12-22(14-19(24)21-16-9-5-7-11-18(16)28-2)20(25)13-15-8-4-6-10-17(15)23(26)27/h4-11H,3,12-14H2,1-2H3,(H,21,24). The van der Waals surface area contributed by atoms with Crippen molar-refractivity contribution in [1.29, 1.82) is 0 Å². The van der Waals surface area contributed by atoms with Crippen LogP contribution in [-0.4, -0.2) is 41.8 Å². The average Bonchev–Trinajstić information content (AvgIpc) is 2.68. The average molecular weight is 385 g/mol. The molecule has 0 heterocycles. The fourth-order valence-electron chi connectivity index (χ4n) is 2.79. The van der Waals surface area contributed by atoms with Crippen LogP contribution < -0.4 is 10.1 Å². The SMILES string of the molecule is CCCN(CC(=O)Nc1ccccc1OC)C(=O)Cc1ccccc1[N+](=O)[O-]. The first-order valence-corrected chi connectivity index (χ1v) is 8.89. The van der Waals surface area contributed by atoms with Crippen LogP contribution in [0.5, 0.6) is 5.75 Å². The molecule has 0 saturated carbocycles. The van der Waals surface area contributed by atoms with E-state index in [0.29, 0.717) is 30.0 Å². The number of rotatable bonds is 9. The lowest BCUT2D eigenvalue weighted by atomic mass is 10.1. The van der Waals surface area contributed by atoms with Crippen LogP contribution in [0, 0.1) is 10.1 Å². The molecule has 0 aliphatic heterocycles. The van der Waals surface area contributed by atoms with Gasteiger partial charge in [-0.3, -0.25) is 19.7 Å². The van der Waals surface area contributed by atoms with E-state index in [-0.39, 0.29) is 30.5 Å². The smallest absolute Gasteiger partial charge is 0.273 e. The second-order valence-corrected chi connectivity index (χ2v) is 6.13. The minimum atomic E-state index is -0.513. The van der Waals surface area contributed by atoms with Gasteiger partial charge < -0.3 is 15.0 Å². The Morgan fingerprint density at radius 3 is 2.50 bits per heavy atom. The largest absolute Gasteiger partial charge is 0.495 e. The molecular weight excluding hydrogens is 362 g/mol. The Kier molecular flexibility index (Phi) is 7.50. The van der Waals surface area contributed by atoms with Gasteiger partial charge in [0, 0.05) is 18.2 Å². The van der Waals surface area contributed by atoms with Crippen LogP contribution in [0.3, 0.4) is 0 Å². The normalized spacial score (nSPS) is 10.2. The summed E-state index contributed by atoms with van der Waals surface area (Å²) in [6, 6.07) is 13.1. The highest BCUT2D eigenvalue weighted by molar-refractivity contribution is 5.96. The molecule has 2 aromatic carbocycles. The van der Waals surface area contributed by atoms with E-state index < -0.39 is 4.92 Å². The van der Waals surface area contributed by atoms with Gasteiger partial charge in [0.1, 0.15) is 5.75 Å². The number of nitro groups is 1. The quantitative estimate of drug-likeness (QED) is 0.528. The highest BCUT2D eigenvalue weighted by Crippen LogP contribution is 2.23. The number of nitrogens with zero attached hydrogens (tertiary/aromatic N) is 2. The first-order valence-electron chi connectivity index (χ1n) is 8.89. The number of ether oxygens (including phenoxy) is 1. The Morgan fingerprint density at radius 1 is 1.14 bits per heavy atom. The summed E-state index contributed by atoms with van der Waals surface area (Å²) in [6.07, 6.45) is 0.518. The number of para-hydroxylation sites is 3. The first kappa shape index (κ1) is 20.9. The molecule has 2 rings (SSSR count). The Morgan fingerprint density at radius 2 is 1.82 bits per heavy atom. The third kappa shape index (κ3) is 5.54. The van der Waals surface area contributed by atoms with Crippen LogP contribution in [0.25, 0.3) is 0 Å². The van der Waals surface area contributed by atoms with Gasteiger partial charge in [-0.2, -0.15) is 0 Å². The zero-order chi connectivity index (χ0) is 20.5. The molecule has 0 aliphatic carbocycles. The number of nitro benzene ring substituents is 1. The molecule has 0 spiro atoms. The second-order valence-electron chi connectivity index (χ2n) is 6.13. The number of hydrogen-bond acceptors (Lipinski definition) is 5. The van der Waals surface area contributed by atoms with Gasteiger partial charge in [0.05, 0.1) is 30.7 Å². The number of anilines is 1. The van der Waals surface area contributed by atoms with Crippen molar-refractivity contribution < 1.29 is 19.2 Å². The summed E-state index contributed by atoms with van der Waals surface area (Å²) in [5.41, 5.74) is 0.729. The lowest BCUT2D eigenvalue weighted by Gasteiger charge is -2.22. The van der Waals surface area contributed by atoms with Crippen molar-refractivity contribution in [2.45, 2.75) is 19.8 Å². The minimum absolute atomic E-state index is 0.106. The second kappa shape index (κ2) is 10.1. The maximum Gasteiger partial charge on any atom is 0.273 e. The third-order valence-corrected chi connectivity index (χ3v) is 4.09. The van der Waals surface area contributed by atoms with Crippen molar-refractivity contribution >= 4 is 23.2 Å². The molecule has 0 radical (unpaired) electrons. The number of carbonyl (C=O) groups is 2. The van der Waals surface area contributed by atoms with Crippen LogP contribution in [0.15, 0.2) is 48.5 Å². The summed E-state index contributed by atoms with van der Waals surface area (Å²) in [6.45, 7) is 2.12. The summed E-state index contributed by atoms with van der Waals surface area (Å²) in [7, 11) is 1.50. The van der Waals surface area contributed by atoms with E-state index in [1.54, 1.807) is 42.5 Å². The van der Waals surface area contributed by atoms with Crippen molar-refractivity contribution in [3.63, 3.8) is 0 Å². The van der Waals surface area contributed by atoms with Crippen LogP contribution in [0.2, 0.25) is 0 Å². The van der Waals surface area contributed by atoms with Gasteiger partial charge in [-0.25, -0.2) is 0 Å². The van der Waals surface area contributed by atoms with E-state index >= 15 is 0 Å². The monoisotopic (exact) mass is 385 g/mol. The molecule has 0 atom stereocenters. The highest BCUT2D eigenvalue weighted by Gasteiger charge is 2.21. The Balaban J connectivity index is 2.09. The lowest BCUT2D eigenvalue weighted by Crippen LogP contribution is -2.39. The molecule has 0 saturated heterocycles. The maximum absolute atomic E-state index is 12.7. The molecule has 8 nitrogen and oxygen atoms in total. The summed E-state index contributed by atoms with van der Waals surface area (Å²) >= 11 is 0. The fourth-order valence-corrected chi connectivity index (χ4v) is 2.79. The van der Waals surface area contributed by atoms with Crippen molar-refractivity contribution in [3.05, 3.63) is 64.2 Å². The molecule has 8 heteroatoms. The van der Waals surface area contributed by atoms with Gasteiger partial charge in [-0.1, -0.05) is 37.3 Å². The highest BCUT2D eigenvalue weighted by atomic mass is 16.6. The number of methoxy groups -OCH3 is 1. The Hall–Kier alpha value is -3.42. The van der Waals surface area contributed by atoms with E-state index in [0.717, 1.165) is 0 Å². The van der Waals surface area contributed by atoms with Gasteiger partial charge in [0.2, 0.25) is 11.8 Å².